The minimum absolute atomic E-state index is 0.208. The van der Waals surface area contributed by atoms with Gasteiger partial charge in [-0.2, -0.15) is 5.10 Å². The Morgan fingerprint density at radius 1 is 0.872 bits per heavy atom. The van der Waals surface area contributed by atoms with E-state index in [0.29, 0.717) is 21.8 Å². The van der Waals surface area contributed by atoms with Crippen molar-refractivity contribution in [1.82, 2.24) is 5.43 Å². The van der Waals surface area contributed by atoms with Gasteiger partial charge in [-0.1, -0.05) is 62.9 Å². The monoisotopic (exact) mass is 623 g/mol. The Bertz CT molecular complexity index is 1610. The number of benzene rings is 4. The van der Waals surface area contributed by atoms with E-state index >= 15 is 0 Å². The first-order valence-electron chi connectivity index (χ1n) is 11.5. The van der Waals surface area contributed by atoms with Crippen molar-refractivity contribution in [1.29, 1.82) is 0 Å². The third kappa shape index (κ3) is 7.54. The molecule has 4 aromatic rings. The number of hydrogen-bond donors (Lipinski definition) is 2. The van der Waals surface area contributed by atoms with Crippen LogP contribution in [0.4, 0.5) is 5.69 Å². The van der Waals surface area contributed by atoms with Crippen LogP contribution in [0.3, 0.4) is 0 Å². The van der Waals surface area contributed by atoms with Crippen LogP contribution in [0.2, 0.25) is 10.0 Å². The summed E-state index contributed by atoms with van der Waals surface area (Å²) in [4.78, 5) is 37.9. The molecule has 4 aromatic carbocycles. The molecular weight excluding hydrogens is 605 g/mol. The Hall–Kier alpha value is -3.98. The Labute approximate surface area is 242 Å². The Kier molecular flexibility index (Phi) is 9.14. The van der Waals surface area contributed by atoms with Crippen molar-refractivity contribution in [3.63, 3.8) is 0 Å². The predicted molar refractivity (Wildman–Crippen MR) is 156 cm³/mol. The summed E-state index contributed by atoms with van der Waals surface area (Å²) in [6.07, 6.45) is 1.37. The summed E-state index contributed by atoms with van der Waals surface area (Å²) < 4.78 is 6.30. The average molecular weight is 625 g/mol. The standard InChI is InChI=1S/C29H20BrCl2N3O4/c1-17-4-2-6-19(12-17)29(38)39-26-11-8-21(30)13-20(26)16-33-35-27(36)18-5-3-7-23(14-18)34-28(37)24-10-9-22(31)15-25(24)32/h2-16H,1H3,(H,34,37)(H,35,36). The van der Waals surface area contributed by atoms with Gasteiger partial charge < -0.3 is 10.1 Å². The molecule has 0 aliphatic carbocycles. The van der Waals surface area contributed by atoms with Crippen molar-refractivity contribution in [2.75, 3.05) is 5.32 Å². The Morgan fingerprint density at radius 2 is 1.64 bits per heavy atom. The van der Waals surface area contributed by atoms with Crippen LogP contribution in [0.15, 0.2) is 94.5 Å². The average Bonchev–Trinajstić information content (AvgIpc) is 2.90. The molecule has 2 amide bonds. The van der Waals surface area contributed by atoms with Gasteiger partial charge >= 0.3 is 5.97 Å². The molecule has 0 spiro atoms. The third-order valence-corrected chi connectivity index (χ3v) is 6.40. The number of nitrogens with one attached hydrogen (secondary N) is 2. The van der Waals surface area contributed by atoms with Gasteiger partial charge in [0.2, 0.25) is 0 Å². The molecule has 0 aliphatic heterocycles. The van der Waals surface area contributed by atoms with Crippen LogP contribution < -0.4 is 15.5 Å². The molecule has 0 heterocycles. The first-order chi connectivity index (χ1) is 18.7. The number of hydrogen-bond acceptors (Lipinski definition) is 5. The van der Waals surface area contributed by atoms with E-state index in [4.69, 9.17) is 27.9 Å². The van der Waals surface area contributed by atoms with E-state index in [1.807, 2.05) is 13.0 Å². The fourth-order valence-corrected chi connectivity index (χ4v) is 4.35. The Balaban J connectivity index is 1.44. The second-order valence-electron chi connectivity index (χ2n) is 8.30. The quantitative estimate of drug-likeness (QED) is 0.0976. The number of esters is 1. The van der Waals surface area contributed by atoms with E-state index < -0.39 is 17.8 Å². The molecule has 0 radical (unpaired) electrons. The van der Waals surface area contributed by atoms with Gasteiger partial charge in [-0.25, -0.2) is 10.2 Å². The first kappa shape index (κ1) is 28.0. The second kappa shape index (κ2) is 12.7. The largest absolute Gasteiger partial charge is 0.422 e. The van der Waals surface area contributed by atoms with Crippen LogP contribution in [-0.2, 0) is 0 Å². The lowest BCUT2D eigenvalue weighted by atomic mass is 10.1. The molecule has 7 nitrogen and oxygen atoms in total. The molecule has 196 valence electrons. The van der Waals surface area contributed by atoms with Gasteiger partial charge in [0.25, 0.3) is 11.8 Å². The smallest absolute Gasteiger partial charge is 0.343 e. The number of halogens is 3. The topological polar surface area (TPSA) is 96.9 Å². The zero-order valence-electron chi connectivity index (χ0n) is 20.4. The van der Waals surface area contributed by atoms with E-state index in [1.54, 1.807) is 60.7 Å². The number of aryl methyl sites for hydroxylation is 1. The number of carbonyl (C=O) groups excluding carboxylic acids is 3. The molecule has 0 saturated carbocycles. The molecule has 0 fully saturated rings. The van der Waals surface area contributed by atoms with Gasteiger partial charge in [0.1, 0.15) is 5.75 Å². The molecule has 39 heavy (non-hydrogen) atoms. The predicted octanol–water partition coefficient (Wildman–Crippen LogP) is 7.30. The van der Waals surface area contributed by atoms with Crippen molar-refractivity contribution in [3.05, 3.63) is 127 Å². The van der Waals surface area contributed by atoms with E-state index in [0.717, 1.165) is 10.0 Å². The summed E-state index contributed by atoms with van der Waals surface area (Å²) in [7, 11) is 0. The summed E-state index contributed by atoms with van der Waals surface area (Å²) in [6, 6.07) is 23.0. The highest BCUT2D eigenvalue weighted by molar-refractivity contribution is 9.10. The molecule has 2 N–H and O–H groups in total. The molecule has 0 aromatic heterocycles. The zero-order valence-corrected chi connectivity index (χ0v) is 23.5. The fraction of sp³-hybridized carbons (Fsp3) is 0.0345. The highest BCUT2D eigenvalue weighted by atomic mass is 79.9. The van der Waals surface area contributed by atoms with Gasteiger partial charge in [-0.15, -0.1) is 0 Å². The number of amides is 2. The fourth-order valence-electron chi connectivity index (χ4n) is 3.48. The maximum absolute atomic E-state index is 12.7. The maximum Gasteiger partial charge on any atom is 0.343 e. The molecule has 10 heteroatoms. The van der Waals surface area contributed by atoms with Crippen molar-refractivity contribution in [2.45, 2.75) is 6.92 Å². The van der Waals surface area contributed by atoms with Crippen LogP contribution in [-0.4, -0.2) is 24.0 Å². The van der Waals surface area contributed by atoms with Gasteiger partial charge in [-0.05, 0) is 73.7 Å². The lowest BCUT2D eigenvalue weighted by molar-refractivity contribution is 0.0733. The van der Waals surface area contributed by atoms with Crippen molar-refractivity contribution in [3.8, 4) is 5.75 Å². The molecular formula is C29H20BrCl2N3O4. The lowest BCUT2D eigenvalue weighted by Crippen LogP contribution is -2.18. The minimum atomic E-state index is -0.515. The van der Waals surface area contributed by atoms with Crippen LogP contribution >= 0.6 is 39.1 Å². The molecule has 0 bridgehead atoms. The maximum atomic E-state index is 12.7. The van der Waals surface area contributed by atoms with E-state index in [2.05, 4.69) is 31.8 Å². The number of hydrazone groups is 1. The number of nitrogens with zero attached hydrogens (tertiary/aromatic N) is 1. The zero-order chi connectivity index (χ0) is 27.9. The minimum Gasteiger partial charge on any atom is -0.422 e. The van der Waals surface area contributed by atoms with Crippen molar-refractivity contribution in [2.24, 2.45) is 5.10 Å². The lowest BCUT2D eigenvalue weighted by Gasteiger charge is -2.09. The molecule has 0 unspecified atom stereocenters. The van der Waals surface area contributed by atoms with Crippen LogP contribution in [0.5, 0.6) is 5.75 Å². The first-order valence-corrected chi connectivity index (χ1v) is 13.0. The summed E-state index contributed by atoms with van der Waals surface area (Å²) in [5.41, 5.74) is 5.14. The van der Waals surface area contributed by atoms with Crippen LogP contribution in [0.25, 0.3) is 0 Å². The van der Waals surface area contributed by atoms with E-state index in [9.17, 15) is 14.4 Å². The van der Waals surface area contributed by atoms with Gasteiger partial charge in [0, 0.05) is 26.3 Å². The summed E-state index contributed by atoms with van der Waals surface area (Å²) in [6.45, 7) is 1.88. The van der Waals surface area contributed by atoms with Gasteiger partial charge in [0.15, 0.2) is 0 Å². The number of carbonyl (C=O) groups is 3. The molecule has 0 atom stereocenters. The van der Waals surface area contributed by atoms with Gasteiger partial charge in [-0.3, -0.25) is 9.59 Å². The highest BCUT2D eigenvalue weighted by Crippen LogP contribution is 2.24. The van der Waals surface area contributed by atoms with Crippen LogP contribution in [0.1, 0.15) is 42.2 Å². The summed E-state index contributed by atoms with van der Waals surface area (Å²) >= 11 is 15.4. The van der Waals surface area contributed by atoms with Crippen LogP contribution in [0, 0.1) is 6.92 Å². The normalized spacial score (nSPS) is 10.8. The van der Waals surface area contributed by atoms with Gasteiger partial charge in [0.05, 0.1) is 22.4 Å². The number of anilines is 1. The van der Waals surface area contributed by atoms with Crippen molar-refractivity contribution >= 4 is 68.8 Å². The highest BCUT2D eigenvalue weighted by Gasteiger charge is 2.14. The molecule has 0 aliphatic rings. The van der Waals surface area contributed by atoms with E-state index in [1.165, 1.54) is 24.4 Å². The summed E-state index contributed by atoms with van der Waals surface area (Å²) in [5, 5.41) is 7.34. The Morgan fingerprint density at radius 3 is 2.41 bits per heavy atom. The number of rotatable bonds is 7. The third-order valence-electron chi connectivity index (χ3n) is 5.36. The second-order valence-corrected chi connectivity index (χ2v) is 10.1. The molecule has 4 rings (SSSR count). The molecule has 0 saturated heterocycles. The SMILES string of the molecule is Cc1cccc(C(=O)Oc2ccc(Br)cc2C=NNC(=O)c2cccc(NC(=O)c3ccc(Cl)cc3Cl)c2)c1. The van der Waals surface area contributed by atoms with E-state index in [-0.39, 0.29) is 21.9 Å². The number of ether oxygens (including phenoxy) is 1. The van der Waals surface area contributed by atoms with Crippen molar-refractivity contribution < 1.29 is 19.1 Å². The summed E-state index contributed by atoms with van der Waals surface area (Å²) in [5.74, 6) is -1.21.